The molecule has 12 heavy (non-hydrogen) atoms. The molecule has 0 aromatic carbocycles. The van der Waals surface area contributed by atoms with Crippen molar-refractivity contribution in [3.63, 3.8) is 0 Å². The minimum absolute atomic E-state index is 0.00986. The molecule has 0 aromatic heterocycles. The standard InChI is InChI=1S/C8H10N2O2/c1-2-12-8(11)7(10-9)5-6-3-4-6/h5H,2-4H2,1H3. The largest absolute Gasteiger partial charge is 0.457 e. The summed E-state index contributed by atoms with van der Waals surface area (Å²) in [5.74, 6) is -0.570. The minimum atomic E-state index is -0.570. The molecule has 4 heteroatoms. The van der Waals surface area contributed by atoms with Gasteiger partial charge in [-0.2, -0.15) is 4.79 Å². The van der Waals surface area contributed by atoms with E-state index in [-0.39, 0.29) is 5.71 Å². The van der Waals surface area contributed by atoms with Crippen LogP contribution in [0.25, 0.3) is 5.53 Å². The monoisotopic (exact) mass is 166 g/mol. The number of allylic oxidation sites excluding steroid dienone is 1. The first-order valence-corrected chi connectivity index (χ1v) is 3.86. The van der Waals surface area contributed by atoms with Crippen LogP contribution in [-0.4, -0.2) is 23.1 Å². The lowest BCUT2D eigenvalue weighted by molar-refractivity contribution is -0.139. The van der Waals surface area contributed by atoms with Gasteiger partial charge < -0.3 is 10.3 Å². The van der Waals surface area contributed by atoms with E-state index in [1.54, 1.807) is 13.0 Å². The number of nitrogens with zero attached hydrogens (tertiary/aromatic N) is 2. The Hall–Kier alpha value is -1.41. The molecule has 1 aliphatic rings. The maximum Gasteiger partial charge on any atom is 0.421 e. The molecular weight excluding hydrogens is 156 g/mol. The van der Waals surface area contributed by atoms with E-state index in [0.29, 0.717) is 6.61 Å². The van der Waals surface area contributed by atoms with Crippen LogP contribution in [0.15, 0.2) is 11.6 Å². The Morgan fingerprint density at radius 2 is 2.42 bits per heavy atom. The van der Waals surface area contributed by atoms with E-state index in [1.165, 1.54) is 0 Å². The van der Waals surface area contributed by atoms with E-state index < -0.39 is 5.97 Å². The van der Waals surface area contributed by atoms with Crippen LogP contribution in [0.1, 0.15) is 19.8 Å². The number of hydrogen-bond acceptors (Lipinski definition) is 2. The first-order valence-electron chi connectivity index (χ1n) is 3.86. The van der Waals surface area contributed by atoms with Crippen molar-refractivity contribution < 1.29 is 14.3 Å². The molecule has 0 spiro atoms. The highest BCUT2D eigenvalue weighted by Crippen LogP contribution is 2.27. The van der Waals surface area contributed by atoms with Gasteiger partial charge in [0.2, 0.25) is 0 Å². The summed E-state index contributed by atoms with van der Waals surface area (Å²) >= 11 is 0. The van der Waals surface area contributed by atoms with Crippen LogP contribution in [0.3, 0.4) is 0 Å². The van der Waals surface area contributed by atoms with Crippen LogP contribution >= 0.6 is 0 Å². The average molecular weight is 166 g/mol. The van der Waals surface area contributed by atoms with Crippen LogP contribution in [0, 0.1) is 0 Å². The third-order valence-corrected chi connectivity index (χ3v) is 1.47. The summed E-state index contributed by atoms with van der Waals surface area (Å²) in [6.45, 7) is 2.00. The number of rotatable bonds is 3. The zero-order valence-corrected chi connectivity index (χ0v) is 6.91. The number of carbonyl (C=O) groups excluding carboxylic acids is 1. The Morgan fingerprint density at radius 3 is 2.83 bits per heavy atom. The topological polar surface area (TPSA) is 62.7 Å². The van der Waals surface area contributed by atoms with E-state index in [4.69, 9.17) is 5.53 Å². The first kappa shape index (κ1) is 8.68. The van der Waals surface area contributed by atoms with Crippen molar-refractivity contribution in [3.05, 3.63) is 17.2 Å². The van der Waals surface area contributed by atoms with E-state index in [9.17, 15) is 4.79 Å². The fourth-order valence-electron chi connectivity index (χ4n) is 0.744. The SMILES string of the molecule is CCOC(=O)C(C=C1CC1)=[N+]=[N-]. The molecule has 0 amide bonds. The van der Waals surface area contributed by atoms with Crippen molar-refractivity contribution in [2.24, 2.45) is 0 Å². The molecule has 4 nitrogen and oxygen atoms in total. The lowest BCUT2D eigenvalue weighted by Gasteiger charge is -1.92. The zero-order chi connectivity index (χ0) is 8.97. The molecule has 0 aromatic rings. The molecule has 0 bridgehead atoms. The smallest absolute Gasteiger partial charge is 0.421 e. The molecule has 1 saturated carbocycles. The molecule has 1 rings (SSSR count). The van der Waals surface area contributed by atoms with Crippen LogP contribution in [0.5, 0.6) is 0 Å². The Bertz CT molecular complexity index is 269. The van der Waals surface area contributed by atoms with E-state index >= 15 is 0 Å². The Kier molecular flexibility index (Phi) is 2.77. The van der Waals surface area contributed by atoms with Gasteiger partial charge in [0.1, 0.15) is 0 Å². The highest BCUT2D eigenvalue weighted by Gasteiger charge is 2.22. The first-order chi connectivity index (χ1) is 5.77. The fourth-order valence-corrected chi connectivity index (χ4v) is 0.744. The molecule has 0 radical (unpaired) electrons. The number of hydrogen-bond donors (Lipinski definition) is 0. The van der Waals surface area contributed by atoms with Crippen molar-refractivity contribution in [3.8, 4) is 0 Å². The van der Waals surface area contributed by atoms with Gasteiger partial charge in [-0.1, -0.05) is 5.57 Å². The van der Waals surface area contributed by atoms with Gasteiger partial charge in [-0.25, -0.2) is 4.79 Å². The summed E-state index contributed by atoms with van der Waals surface area (Å²) in [5.41, 5.74) is 9.55. The molecule has 0 heterocycles. The third-order valence-electron chi connectivity index (χ3n) is 1.47. The van der Waals surface area contributed by atoms with Gasteiger partial charge in [-0.3, -0.25) is 0 Å². The molecule has 1 fully saturated rings. The predicted molar refractivity (Wildman–Crippen MR) is 42.6 cm³/mol. The van der Waals surface area contributed by atoms with Crippen LogP contribution in [-0.2, 0) is 9.53 Å². The summed E-state index contributed by atoms with van der Waals surface area (Å²) in [5, 5.41) is 0. The van der Waals surface area contributed by atoms with Gasteiger partial charge in [-0.15, -0.1) is 0 Å². The molecule has 0 saturated heterocycles. The van der Waals surface area contributed by atoms with Crippen LogP contribution in [0.4, 0.5) is 0 Å². The Balaban J connectivity index is 2.62. The molecule has 0 atom stereocenters. The normalized spacial score (nSPS) is 13.2. The van der Waals surface area contributed by atoms with Gasteiger partial charge in [0.15, 0.2) is 0 Å². The summed E-state index contributed by atoms with van der Waals surface area (Å²) in [7, 11) is 0. The summed E-state index contributed by atoms with van der Waals surface area (Å²) in [6.07, 6.45) is 3.54. The van der Waals surface area contributed by atoms with Crippen molar-refractivity contribution in [2.75, 3.05) is 6.61 Å². The van der Waals surface area contributed by atoms with Gasteiger partial charge >= 0.3 is 11.7 Å². The number of esters is 1. The second-order valence-electron chi connectivity index (χ2n) is 2.51. The van der Waals surface area contributed by atoms with Gasteiger partial charge in [0, 0.05) is 6.08 Å². The van der Waals surface area contributed by atoms with Crippen molar-refractivity contribution >= 4 is 11.7 Å². The lowest BCUT2D eigenvalue weighted by atomic mass is 10.3. The molecular formula is C8H10N2O2. The molecule has 64 valence electrons. The summed E-state index contributed by atoms with van der Waals surface area (Å²) in [6, 6.07) is 0. The summed E-state index contributed by atoms with van der Waals surface area (Å²) in [4.78, 5) is 13.8. The van der Waals surface area contributed by atoms with Gasteiger partial charge in [-0.05, 0) is 19.8 Å². The second-order valence-corrected chi connectivity index (χ2v) is 2.51. The maximum atomic E-state index is 11.0. The second kappa shape index (κ2) is 3.83. The van der Waals surface area contributed by atoms with Gasteiger partial charge in [0.25, 0.3) is 0 Å². The average Bonchev–Trinajstić information content (AvgIpc) is 2.84. The summed E-state index contributed by atoms with van der Waals surface area (Å²) < 4.78 is 4.65. The zero-order valence-electron chi connectivity index (χ0n) is 6.91. The maximum absolute atomic E-state index is 11.0. The van der Waals surface area contributed by atoms with E-state index in [1.807, 2.05) is 0 Å². The Labute approximate surface area is 70.5 Å². The van der Waals surface area contributed by atoms with Crippen LogP contribution in [0.2, 0.25) is 0 Å². The van der Waals surface area contributed by atoms with Crippen LogP contribution < -0.4 is 0 Å². The molecule has 1 aliphatic carbocycles. The molecule has 0 aliphatic heterocycles. The van der Waals surface area contributed by atoms with E-state index in [0.717, 1.165) is 18.4 Å². The van der Waals surface area contributed by atoms with Crippen molar-refractivity contribution in [1.82, 2.24) is 0 Å². The Morgan fingerprint density at radius 1 is 1.75 bits per heavy atom. The number of carbonyl (C=O) groups is 1. The molecule has 0 unspecified atom stereocenters. The lowest BCUT2D eigenvalue weighted by Crippen LogP contribution is -2.16. The predicted octanol–water partition coefficient (Wildman–Crippen LogP) is 0.941. The fraction of sp³-hybridized carbons (Fsp3) is 0.500. The molecule has 0 N–H and O–H groups in total. The minimum Gasteiger partial charge on any atom is -0.457 e. The van der Waals surface area contributed by atoms with E-state index in [2.05, 4.69) is 9.53 Å². The number of ether oxygens (including phenoxy) is 1. The third kappa shape index (κ3) is 2.32. The van der Waals surface area contributed by atoms with Gasteiger partial charge in [0.05, 0.1) is 6.61 Å². The quantitative estimate of drug-likeness (QED) is 0.271. The van der Waals surface area contributed by atoms with Crippen molar-refractivity contribution in [1.29, 1.82) is 0 Å². The highest BCUT2D eigenvalue weighted by atomic mass is 16.5. The highest BCUT2D eigenvalue weighted by molar-refractivity contribution is 6.38. The van der Waals surface area contributed by atoms with Crippen molar-refractivity contribution in [2.45, 2.75) is 19.8 Å².